The fraction of sp³-hybridized carbons (Fsp3) is 0.150. The van der Waals surface area contributed by atoms with Gasteiger partial charge in [0.2, 0.25) is 0 Å². The Balaban J connectivity index is 1.98. The van der Waals surface area contributed by atoms with E-state index in [2.05, 4.69) is 10.3 Å². The molecular weight excluding hydrogens is 330 g/mol. The first-order chi connectivity index (χ1) is 12.5. The maximum Gasteiger partial charge on any atom is 0.323 e. The molecular formula is C20H19N3O3. The summed E-state index contributed by atoms with van der Waals surface area (Å²) in [5, 5.41) is 12.3. The first kappa shape index (κ1) is 17.4. The lowest BCUT2D eigenvalue weighted by atomic mass is 10.1. The predicted molar refractivity (Wildman–Crippen MR) is 100 cm³/mol. The molecule has 0 aliphatic carbocycles. The summed E-state index contributed by atoms with van der Waals surface area (Å²) in [6, 6.07) is 17.1. The number of rotatable bonds is 6. The normalized spacial score (nSPS) is 10.5. The number of benzene rings is 2. The van der Waals surface area contributed by atoms with Crippen LogP contribution >= 0.6 is 0 Å². The number of hydrogen-bond donors (Lipinski definition) is 2. The minimum Gasteiger partial charge on any atom is -0.480 e. The van der Waals surface area contributed by atoms with E-state index in [4.69, 9.17) is 0 Å². The van der Waals surface area contributed by atoms with Crippen LogP contribution in [0.3, 0.4) is 0 Å². The Kier molecular flexibility index (Phi) is 5.12. The minimum atomic E-state index is -1.09. The van der Waals surface area contributed by atoms with E-state index in [1.54, 1.807) is 0 Å². The van der Waals surface area contributed by atoms with Crippen molar-refractivity contribution in [3.8, 4) is 11.4 Å². The van der Waals surface area contributed by atoms with Gasteiger partial charge in [0.1, 0.15) is 18.1 Å². The van der Waals surface area contributed by atoms with E-state index in [0.29, 0.717) is 17.9 Å². The number of carbonyl (C=O) groups is 1. The number of aryl methyl sites for hydroxylation is 1. The molecule has 0 aliphatic heterocycles. The van der Waals surface area contributed by atoms with Crippen LogP contribution in [0.2, 0.25) is 0 Å². The van der Waals surface area contributed by atoms with Gasteiger partial charge in [0.15, 0.2) is 0 Å². The lowest BCUT2D eigenvalue weighted by molar-refractivity contribution is -0.137. The first-order valence-electron chi connectivity index (χ1n) is 8.21. The Labute approximate surface area is 150 Å². The van der Waals surface area contributed by atoms with E-state index in [0.717, 1.165) is 11.1 Å². The number of aromatic nitrogens is 2. The highest BCUT2D eigenvalue weighted by molar-refractivity contribution is 5.68. The Hall–Kier alpha value is -3.41. The van der Waals surface area contributed by atoms with Crippen LogP contribution in [-0.4, -0.2) is 20.6 Å². The Morgan fingerprint density at radius 1 is 1.15 bits per heavy atom. The number of carboxylic acids is 1. The summed E-state index contributed by atoms with van der Waals surface area (Å²) in [6.07, 6.45) is 1.46. The van der Waals surface area contributed by atoms with Gasteiger partial charge in [-0.2, -0.15) is 0 Å². The molecule has 0 saturated heterocycles. The molecule has 6 nitrogen and oxygen atoms in total. The predicted octanol–water partition coefficient (Wildman–Crippen LogP) is 2.92. The van der Waals surface area contributed by atoms with Gasteiger partial charge in [0.25, 0.3) is 5.56 Å². The zero-order valence-electron chi connectivity index (χ0n) is 14.3. The maximum atomic E-state index is 12.8. The second-order valence-electron chi connectivity index (χ2n) is 5.99. The summed E-state index contributed by atoms with van der Waals surface area (Å²) >= 11 is 0. The van der Waals surface area contributed by atoms with Crippen LogP contribution in [0, 0.1) is 6.92 Å². The van der Waals surface area contributed by atoms with E-state index < -0.39 is 18.1 Å². The molecule has 0 saturated carbocycles. The van der Waals surface area contributed by atoms with Crippen molar-refractivity contribution in [1.29, 1.82) is 0 Å². The summed E-state index contributed by atoms with van der Waals surface area (Å²) in [4.78, 5) is 28.4. The van der Waals surface area contributed by atoms with Gasteiger partial charge in [-0.05, 0) is 18.6 Å². The van der Waals surface area contributed by atoms with Crippen molar-refractivity contribution in [3.05, 3.63) is 82.3 Å². The summed E-state index contributed by atoms with van der Waals surface area (Å²) < 4.78 is 1.18. The molecule has 0 radical (unpaired) electrons. The van der Waals surface area contributed by atoms with E-state index in [1.807, 2.05) is 61.5 Å². The van der Waals surface area contributed by atoms with Gasteiger partial charge in [-0.15, -0.1) is 0 Å². The molecule has 3 rings (SSSR count). The Bertz CT molecular complexity index is 981. The highest BCUT2D eigenvalue weighted by atomic mass is 16.4. The third-order valence-corrected chi connectivity index (χ3v) is 3.94. The fourth-order valence-electron chi connectivity index (χ4n) is 2.70. The molecule has 2 aromatic carbocycles. The number of carboxylic acid groups (broad SMARTS) is 1. The molecule has 0 fully saturated rings. The van der Waals surface area contributed by atoms with Crippen LogP contribution in [-0.2, 0) is 17.9 Å². The zero-order valence-corrected chi connectivity index (χ0v) is 14.3. The van der Waals surface area contributed by atoms with Crippen molar-refractivity contribution in [1.82, 2.24) is 9.55 Å². The average Bonchev–Trinajstić information content (AvgIpc) is 2.63. The Morgan fingerprint density at radius 2 is 1.92 bits per heavy atom. The molecule has 0 bridgehead atoms. The van der Waals surface area contributed by atoms with Crippen LogP contribution in [0.1, 0.15) is 11.1 Å². The van der Waals surface area contributed by atoms with Crippen LogP contribution in [0.4, 0.5) is 5.69 Å². The Morgan fingerprint density at radius 3 is 2.62 bits per heavy atom. The van der Waals surface area contributed by atoms with Crippen molar-refractivity contribution in [3.63, 3.8) is 0 Å². The largest absolute Gasteiger partial charge is 0.480 e. The van der Waals surface area contributed by atoms with Gasteiger partial charge < -0.3 is 10.4 Å². The highest BCUT2D eigenvalue weighted by Crippen LogP contribution is 2.18. The molecule has 0 amide bonds. The standard InChI is InChI=1S/C20H19N3O3/c1-14-6-5-9-16(10-14)19-22-12-17(20(26)23(19)13-18(24)25)21-11-15-7-3-2-4-8-15/h2-10,12,21H,11,13H2,1H3,(H,24,25). The van der Waals surface area contributed by atoms with Crippen molar-refractivity contribution in [2.75, 3.05) is 5.32 Å². The quantitative estimate of drug-likeness (QED) is 0.715. The van der Waals surface area contributed by atoms with E-state index in [9.17, 15) is 14.7 Å². The van der Waals surface area contributed by atoms with Gasteiger partial charge in [0, 0.05) is 12.1 Å². The molecule has 26 heavy (non-hydrogen) atoms. The first-order valence-corrected chi connectivity index (χ1v) is 8.21. The van der Waals surface area contributed by atoms with Crippen molar-refractivity contribution >= 4 is 11.7 Å². The number of hydrogen-bond acceptors (Lipinski definition) is 4. The molecule has 0 atom stereocenters. The fourth-order valence-corrected chi connectivity index (χ4v) is 2.70. The summed E-state index contributed by atoms with van der Waals surface area (Å²) in [5.74, 6) is -0.755. The highest BCUT2D eigenvalue weighted by Gasteiger charge is 2.14. The SMILES string of the molecule is Cc1cccc(-c2ncc(NCc3ccccc3)c(=O)n2CC(=O)O)c1. The monoisotopic (exact) mass is 349 g/mol. The molecule has 0 aliphatic rings. The van der Waals surface area contributed by atoms with Crippen molar-refractivity contribution in [2.45, 2.75) is 20.0 Å². The smallest absolute Gasteiger partial charge is 0.323 e. The topological polar surface area (TPSA) is 84.2 Å². The maximum absolute atomic E-state index is 12.8. The molecule has 1 aromatic heterocycles. The second-order valence-corrected chi connectivity index (χ2v) is 5.99. The van der Waals surface area contributed by atoms with Crippen LogP contribution in [0.15, 0.2) is 65.6 Å². The molecule has 6 heteroatoms. The molecule has 2 N–H and O–H groups in total. The minimum absolute atomic E-state index is 0.270. The van der Waals surface area contributed by atoms with E-state index in [-0.39, 0.29) is 5.69 Å². The number of nitrogens with zero attached hydrogens (tertiary/aromatic N) is 2. The van der Waals surface area contributed by atoms with Crippen LogP contribution in [0.25, 0.3) is 11.4 Å². The molecule has 0 spiro atoms. The summed E-state index contributed by atoms with van der Waals surface area (Å²) in [6.45, 7) is 1.93. The van der Waals surface area contributed by atoms with Crippen molar-refractivity contribution < 1.29 is 9.90 Å². The van der Waals surface area contributed by atoms with Gasteiger partial charge in [-0.3, -0.25) is 14.2 Å². The van der Waals surface area contributed by atoms with Gasteiger partial charge in [-0.1, -0.05) is 54.1 Å². The molecule has 1 heterocycles. The lowest BCUT2D eigenvalue weighted by Gasteiger charge is -2.13. The summed E-state index contributed by atoms with van der Waals surface area (Å²) in [5.41, 5.74) is 2.59. The van der Waals surface area contributed by atoms with E-state index >= 15 is 0 Å². The van der Waals surface area contributed by atoms with Gasteiger partial charge in [-0.25, -0.2) is 4.98 Å². The van der Waals surface area contributed by atoms with Gasteiger partial charge in [0.05, 0.1) is 6.20 Å². The molecule has 132 valence electrons. The molecule has 0 unspecified atom stereocenters. The van der Waals surface area contributed by atoms with Crippen LogP contribution in [0.5, 0.6) is 0 Å². The summed E-state index contributed by atoms with van der Waals surface area (Å²) in [7, 11) is 0. The van der Waals surface area contributed by atoms with E-state index in [1.165, 1.54) is 10.8 Å². The van der Waals surface area contributed by atoms with Gasteiger partial charge >= 0.3 is 5.97 Å². The average molecular weight is 349 g/mol. The van der Waals surface area contributed by atoms with Crippen molar-refractivity contribution in [2.24, 2.45) is 0 Å². The third kappa shape index (κ3) is 3.97. The second kappa shape index (κ2) is 7.65. The molecule has 3 aromatic rings. The third-order valence-electron chi connectivity index (χ3n) is 3.94. The number of aliphatic carboxylic acids is 1. The zero-order chi connectivity index (χ0) is 18.5. The van der Waals surface area contributed by atoms with Crippen LogP contribution < -0.4 is 10.9 Å². The number of nitrogens with one attached hydrogen (secondary N) is 1. The number of anilines is 1. The lowest BCUT2D eigenvalue weighted by Crippen LogP contribution is -2.28.